The van der Waals surface area contributed by atoms with Gasteiger partial charge in [0.2, 0.25) is 0 Å². The highest BCUT2D eigenvalue weighted by Crippen LogP contribution is 2.25. The molecule has 0 aromatic heterocycles. The zero-order valence-corrected chi connectivity index (χ0v) is 15.8. The average molecular weight is 409 g/mol. The summed E-state index contributed by atoms with van der Waals surface area (Å²) in [4.78, 5) is 12.2. The van der Waals surface area contributed by atoms with Crippen LogP contribution >= 0.6 is 0 Å². The minimum atomic E-state index is -4.73. The van der Waals surface area contributed by atoms with Crippen molar-refractivity contribution in [1.82, 2.24) is 5.32 Å². The number of methoxy groups -OCH3 is 1. The lowest BCUT2D eigenvalue weighted by atomic mass is 10.1. The van der Waals surface area contributed by atoms with Gasteiger partial charge in [0.15, 0.2) is 0 Å². The van der Waals surface area contributed by atoms with E-state index in [0.717, 1.165) is 0 Å². The van der Waals surface area contributed by atoms with Crippen molar-refractivity contribution >= 4 is 18.1 Å². The monoisotopic (exact) mass is 409 g/mol. The molecule has 0 atom stereocenters. The first-order valence-electron chi connectivity index (χ1n) is 8.93. The lowest BCUT2D eigenvalue weighted by Crippen LogP contribution is -2.24. The van der Waals surface area contributed by atoms with Crippen LogP contribution in [0.3, 0.4) is 0 Å². The molecule has 29 heavy (non-hydrogen) atoms. The van der Waals surface area contributed by atoms with E-state index in [1.807, 2.05) is 0 Å². The van der Waals surface area contributed by atoms with Gasteiger partial charge in [-0.3, -0.25) is 4.79 Å². The number of aliphatic hydroxyl groups is 1. The minimum absolute atomic E-state index is 0.0800. The third kappa shape index (κ3) is 7.50. The summed E-state index contributed by atoms with van der Waals surface area (Å²) < 4.78 is 45.8. The number of halogens is 3. The lowest BCUT2D eigenvalue weighted by molar-refractivity contribution is -0.274. The van der Waals surface area contributed by atoms with Gasteiger partial charge in [0.1, 0.15) is 11.5 Å². The van der Waals surface area contributed by atoms with E-state index in [-0.39, 0.29) is 18.3 Å². The molecule has 2 aromatic carbocycles. The summed E-state index contributed by atoms with van der Waals surface area (Å²) in [6.07, 6.45) is -0.0358. The van der Waals surface area contributed by atoms with Gasteiger partial charge in [-0.25, -0.2) is 0 Å². The molecule has 1 amide bonds. The highest BCUT2D eigenvalue weighted by molar-refractivity contribution is 5.95. The first-order valence-corrected chi connectivity index (χ1v) is 8.93. The number of ether oxygens (including phenoxy) is 2. The number of aliphatic hydroxyl groups excluding tert-OH is 1. The Balaban J connectivity index is 2.11. The highest BCUT2D eigenvalue weighted by Gasteiger charge is 2.30. The maximum atomic E-state index is 12.2. The van der Waals surface area contributed by atoms with Gasteiger partial charge in [-0.1, -0.05) is 24.3 Å². The molecule has 0 aliphatic carbocycles. The van der Waals surface area contributed by atoms with Gasteiger partial charge in [0, 0.05) is 24.3 Å². The quantitative estimate of drug-likeness (QED) is 0.480. The van der Waals surface area contributed by atoms with Crippen LogP contribution in [0.15, 0.2) is 42.5 Å². The Morgan fingerprint density at radius 1 is 1.10 bits per heavy atom. The number of unbranched alkanes of at least 4 members (excludes halogenated alkanes) is 1. The maximum Gasteiger partial charge on any atom is 0.573 e. The first-order chi connectivity index (χ1) is 13.8. The van der Waals surface area contributed by atoms with Crippen LogP contribution in [0.2, 0.25) is 0 Å². The van der Waals surface area contributed by atoms with Crippen LogP contribution in [0, 0.1) is 0 Å². The number of carbonyl (C=O) groups is 1. The molecule has 2 N–H and O–H groups in total. The summed E-state index contributed by atoms with van der Waals surface area (Å²) in [7, 11) is 1.50. The molecule has 0 saturated carbocycles. The Kier molecular flexibility index (Phi) is 8.09. The molecule has 0 spiro atoms. The standard InChI is InChI=1S/C21H22F3NO4/c1-28-19-11-8-17(20(27)25-12-2-3-13-26)14-16(19)7-4-15-5-9-18(10-6-15)29-21(22,23)24/h4-11,14,26H,2-3,12-13H2,1H3,(H,25,27)/b7-4+. The predicted molar refractivity (Wildman–Crippen MR) is 104 cm³/mol. The molecular weight excluding hydrogens is 387 g/mol. The van der Waals surface area contributed by atoms with Crippen LogP contribution < -0.4 is 14.8 Å². The van der Waals surface area contributed by atoms with E-state index in [0.29, 0.717) is 41.8 Å². The van der Waals surface area contributed by atoms with E-state index < -0.39 is 6.36 Å². The number of hydrogen-bond acceptors (Lipinski definition) is 4. The van der Waals surface area contributed by atoms with E-state index in [2.05, 4.69) is 10.1 Å². The number of alkyl halides is 3. The minimum Gasteiger partial charge on any atom is -0.496 e. The number of benzene rings is 2. The Labute approximate surface area is 166 Å². The molecule has 0 radical (unpaired) electrons. The SMILES string of the molecule is COc1ccc(C(=O)NCCCCO)cc1/C=C/c1ccc(OC(F)(F)F)cc1. The third-order valence-corrected chi connectivity index (χ3v) is 3.93. The molecular formula is C21H22F3NO4. The number of carbonyl (C=O) groups excluding carboxylic acids is 1. The van der Waals surface area contributed by atoms with Crippen LogP contribution in [0.5, 0.6) is 11.5 Å². The molecule has 0 aliphatic heterocycles. The maximum absolute atomic E-state index is 12.2. The number of hydrogen-bond donors (Lipinski definition) is 2. The van der Waals surface area contributed by atoms with Crippen LogP contribution in [0.25, 0.3) is 12.2 Å². The van der Waals surface area contributed by atoms with E-state index in [1.54, 1.807) is 30.4 Å². The summed E-state index contributed by atoms with van der Waals surface area (Å²) in [5, 5.41) is 11.5. The second-order valence-electron chi connectivity index (χ2n) is 6.09. The van der Waals surface area contributed by atoms with Gasteiger partial charge in [-0.05, 0) is 48.7 Å². The van der Waals surface area contributed by atoms with Crippen LogP contribution in [0.1, 0.15) is 34.3 Å². The normalized spacial score (nSPS) is 11.5. The third-order valence-electron chi connectivity index (χ3n) is 3.93. The molecule has 2 rings (SSSR count). The van der Waals surface area contributed by atoms with Crippen molar-refractivity contribution in [3.05, 3.63) is 59.2 Å². The van der Waals surface area contributed by atoms with E-state index >= 15 is 0 Å². The molecule has 0 bridgehead atoms. The first kappa shape index (κ1) is 22.3. The fourth-order valence-electron chi connectivity index (χ4n) is 2.51. The van der Waals surface area contributed by atoms with Gasteiger partial charge in [-0.15, -0.1) is 13.2 Å². The van der Waals surface area contributed by atoms with Crippen molar-refractivity contribution in [2.45, 2.75) is 19.2 Å². The summed E-state index contributed by atoms with van der Waals surface area (Å²) in [6.45, 7) is 0.541. The summed E-state index contributed by atoms with van der Waals surface area (Å²) in [6, 6.07) is 10.4. The van der Waals surface area contributed by atoms with Gasteiger partial charge < -0.3 is 19.9 Å². The van der Waals surface area contributed by atoms with Crippen molar-refractivity contribution in [2.24, 2.45) is 0 Å². The van der Waals surface area contributed by atoms with Gasteiger partial charge in [0.25, 0.3) is 5.91 Å². The van der Waals surface area contributed by atoms with Crippen LogP contribution in [-0.4, -0.2) is 37.6 Å². The van der Waals surface area contributed by atoms with Crippen molar-refractivity contribution in [3.63, 3.8) is 0 Å². The van der Waals surface area contributed by atoms with Crippen molar-refractivity contribution in [2.75, 3.05) is 20.3 Å². The molecule has 0 aliphatic rings. The predicted octanol–water partition coefficient (Wildman–Crippen LogP) is 4.27. The molecule has 2 aromatic rings. The van der Waals surface area contributed by atoms with E-state index in [1.165, 1.54) is 31.4 Å². The Hall–Kier alpha value is -3.00. The van der Waals surface area contributed by atoms with Crippen molar-refractivity contribution < 1.29 is 32.5 Å². The molecule has 0 fully saturated rings. The number of nitrogens with one attached hydrogen (secondary N) is 1. The zero-order valence-electron chi connectivity index (χ0n) is 15.8. The largest absolute Gasteiger partial charge is 0.573 e. The highest BCUT2D eigenvalue weighted by atomic mass is 19.4. The Morgan fingerprint density at radius 2 is 1.83 bits per heavy atom. The molecule has 5 nitrogen and oxygen atoms in total. The van der Waals surface area contributed by atoms with Gasteiger partial charge in [-0.2, -0.15) is 0 Å². The van der Waals surface area contributed by atoms with Crippen LogP contribution in [0.4, 0.5) is 13.2 Å². The van der Waals surface area contributed by atoms with Crippen molar-refractivity contribution in [1.29, 1.82) is 0 Å². The number of amides is 1. The smallest absolute Gasteiger partial charge is 0.496 e. The molecule has 156 valence electrons. The second kappa shape index (κ2) is 10.5. The zero-order chi connectivity index (χ0) is 21.3. The number of rotatable bonds is 9. The van der Waals surface area contributed by atoms with Crippen LogP contribution in [-0.2, 0) is 0 Å². The fourth-order valence-corrected chi connectivity index (χ4v) is 2.51. The van der Waals surface area contributed by atoms with E-state index in [4.69, 9.17) is 9.84 Å². The lowest BCUT2D eigenvalue weighted by Gasteiger charge is -2.09. The Bertz CT molecular complexity index is 833. The topological polar surface area (TPSA) is 67.8 Å². The molecule has 0 heterocycles. The van der Waals surface area contributed by atoms with Crippen molar-refractivity contribution in [3.8, 4) is 11.5 Å². The molecule has 0 saturated heterocycles. The Morgan fingerprint density at radius 3 is 2.45 bits per heavy atom. The summed E-state index contributed by atoms with van der Waals surface area (Å²) >= 11 is 0. The molecule has 0 unspecified atom stereocenters. The average Bonchev–Trinajstić information content (AvgIpc) is 2.69. The van der Waals surface area contributed by atoms with Gasteiger partial charge in [0.05, 0.1) is 7.11 Å². The fraction of sp³-hybridized carbons (Fsp3) is 0.286. The molecule has 8 heteroatoms. The second-order valence-corrected chi connectivity index (χ2v) is 6.09. The van der Waals surface area contributed by atoms with Gasteiger partial charge >= 0.3 is 6.36 Å². The van der Waals surface area contributed by atoms with E-state index in [9.17, 15) is 18.0 Å². The summed E-state index contributed by atoms with van der Waals surface area (Å²) in [5.41, 5.74) is 1.75. The summed E-state index contributed by atoms with van der Waals surface area (Å²) in [5.74, 6) is 0.0103.